The van der Waals surface area contributed by atoms with E-state index >= 15 is 0 Å². The van der Waals surface area contributed by atoms with Crippen molar-refractivity contribution in [3.05, 3.63) is 122 Å². The van der Waals surface area contributed by atoms with Gasteiger partial charge in [0.2, 0.25) is 10.9 Å². The van der Waals surface area contributed by atoms with Gasteiger partial charge in [0.15, 0.2) is 5.36 Å². The Morgan fingerprint density at radius 1 is 0.600 bits per heavy atom. The summed E-state index contributed by atoms with van der Waals surface area (Å²) < 4.78 is 66.3. The number of phenols is 1. The number of benzene rings is 5. The van der Waals surface area contributed by atoms with Crippen LogP contribution >= 0.6 is 0 Å². The van der Waals surface area contributed by atoms with Crippen LogP contribution in [0.2, 0.25) is 0 Å². The van der Waals surface area contributed by atoms with Gasteiger partial charge in [-0.25, -0.2) is 0 Å². The first kappa shape index (κ1) is 30.8. The quantitative estimate of drug-likeness (QED) is 0.0931. The van der Waals surface area contributed by atoms with Crippen molar-refractivity contribution < 1.29 is 31.0 Å². The number of para-hydroxylation sites is 2. The molecule has 0 heterocycles. The maximum absolute atomic E-state index is 13.3. The molecule has 0 fully saturated rings. The molecule has 0 amide bonds. The van der Waals surface area contributed by atoms with Crippen molar-refractivity contribution in [2.75, 3.05) is 10.9 Å². The molecule has 5 aromatic carbocycles. The summed E-state index contributed by atoms with van der Waals surface area (Å²) in [4.78, 5) is 25.0. The Morgan fingerprint density at radius 3 is 1.67 bits per heavy atom. The average molecular weight is 649 g/mol. The van der Waals surface area contributed by atoms with E-state index in [4.69, 9.17) is 0 Å². The molecule has 0 unspecified atom stereocenters. The van der Waals surface area contributed by atoms with E-state index in [0.717, 1.165) is 24.3 Å². The second-order valence-electron chi connectivity index (χ2n) is 9.23. The first-order valence-corrected chi connectivity index (χ1v) is 15.5. The van der Waals surface area contributed by atoms with Gasteiger partial charge in [-0.2, -0.15) is 27.0 Å². The van der Waals surface area contributed by atoms with Gasteiger partial charge in [0.1, 0.15) is 16.8 Å². The minimum Gasteiger partial charge on any atom is -0.507 e. The molecule has 15 nitrogen and oxygen atoms in total. The molecule has 5 rings (SSSR count). The Kier molecular flexibility index (Phi) is 8.34. The van der Waals surface area contributed by atoms with Crippen molar-refractivity contribution in [2.45, 2.75) is 9.79 Å². The van der Waals surface area contributed by atoms with Gasteiger partial charge in [0, 0.05) is 12.1 Å². The summed E-state index contributed by atoms with van der Waals surface area (Å²) in [5.74, 6) is -0.751. The molecule has 0 aliphatic rings. The van der Waals surface area contributed by atoms with E-state index < -0.39 is 63.4 Å². The van der Waals surface area contributed by atoms with Gasteiger partial charge in [-0.05, 0) is 47.9 Å². The van der Waals surface area contributed by atoms with Crippen LogP contribution in [0.25, 0.3) is 10.8 Å². The Bertz CT molecular complexity index is 2420. The highest BCUT2D eigenvalue weighted by molar-refractivity contribution is 7.86. The smallest absolute Gasteiger partial charge is 0.294 e. The van der Waals surface area contributed by atoms with Crippen molar-refractivity contribution in [1.29, 1.82) is 0 Å². The number of nitrogens with one attached hydrogen (secondary N) is 2. The summed E-state index contributed by atoms with van der Waals surface area (Å²) >= 11 is 0. The maximum atomic E-state index is 13.3. The molecule has 0 bridgehead atoms. The van der Waals surface area contributed by atoms with E-state index in [9.17, 15) is 40.6 Å². The van der Waals surface area contributed by atoms with Gasteiger partial charge in [0.05, 0.1) is 32.2 Å². The molecule has 17 heteroatoms. The molecular weight excluding hydrogens is 628 g/mol. The highest BCUT2D eigenvalue weighted by Gasteiger charge is 2.20. The van der Waals surface area contributed by atoms with E-state index in [-0.39, 0.29) is 16.1 Å². The number of nitrogens with zero attached hydrogens (tertiary/aromatic N) is 4. The summed E-state index contributed by atoms with van der Waals surface area (Å²) in [6.45, 7) is 0. The molecule has 45 heavy (non-hydrogen) atoms. The van der Waals surface area contributed by atoms with Crippen molar-refractivity contribution in [3.8, 4) is 5.75 Å². The van der Waals surface area contributed by atoms with Crippen LogP contribution in [0.4, 0.5) is 22.7 Å². The Balaban J connectivity index is 1.72. The third kappa shape index (κ3) is 6.97. The predicted octanol–water partition coefficient (Wildman–Crippen LogP) is 2.91. The van der Waals surface area contributed by atoms with Crippen LogP contribution in [0, 0.1) is 0 Å². The molecule has 0 radical (unpaired) electrons. The molecule has 0 saturated carbocycles. The van der Waals surface area contributed by atoms with Crippen LogP contribution in [0.5, 0.6) is 5.75 Å². The number of fused-ring (bicyclic) bond motifs is 1. The lowest BCUT2D eigenvalue weighted by atomic mass is 10.1. The number of hydrogen-bond acceptors (Lipinski definition) is 13. The summed E-state index contributed by atoms with van der Waals surface area (Å²) in [7, 11) is -9.73. The molecular formula is C28H20N6O9S2. The monoisotopic (exact) mass is 648 g/mol. The lowest BCUT2D eigenvalue weighted by molar-refractivity contribution is 0.471. The lowest BCUT2D eigenvalue weighted by Gasteiger charge is -2.09. The second-order valence-corrected chi connectivity index (χ2v) is 12.1. The second kappa shape index (κ2) is 12.2. The average Bonchev–Trinajstić information content (AvgIpc) is 2.99. The summed E-state index contributed by atoms with van der Waals surface area (Å²) in [6.07, 6.45) is 0. The first-order valence-electron chi connectivity index (χ1n) is 12.6. The van der Waals surface area contributed by atoms with Gasteiger partial charge in [-0.3, -0.25) is 29.5 Å². The van der Waals surface area contributed by atoms with Crippen LogP contribution < -0.4 is 32.4 Å². The number of phenolic OH excluding ortho intramolecular Hbond substituents is 1. The molecule has 5 N–H and O–H groups in total. The fraction of sp³-hybridized carbons (Fsp3) is 0. The van der Waals surface area contributed by atoms with Gasteiger partial charge >= 0.3 is 0 Å². The fourth-order valence-corrected chi connectivity index (χ4v) is 5.11. The Hall–Kier alpha value is -5.62. The van der Waals surface area contributed by atoms with Crippen LogP contribution in [0.1, 0.15) is 0 Å². The third-order valence-electron chi connectivity index (χ3n) is 6.13. The SMILES string of the molecule is O=c1c(N=Nc2cc(S(=O)(=O)O)cc3cc(S(=O)(=O)O)cc(O)c23)cc(=NNc2ccccc2)c(=O)c1=NNc1ccccc1. The fourth-order valence-electron chi connectivity index (χ4n) is 4.04. The number of rotatable bonds is 8. The van der Waals surface area contributed by atoms with E-state index in [1.165, 1.54) is 0 Å². The number of anilines is 2. The molecule has 0 aliphatic heterocycles. The topological polar surface area (TPSA) is 237 Å². The highest BCUT2D eigenvalue weighted by atomic mass is 32.2. The lowest BCUT2D eigenvalue weighted by Crippen LogP contribution is -2.48. The third-order valence-corrected chi connectivity index (χ3v) is 7.80. The molecule has 0 saturated heterocycles. The molecule has 5 aromatic rings. The van der Waals surface area contributed by atoms with Crippen molar-refractivity contribution in [1.82, 2.24) is 0 Å². The largest absolute Gasteiger partial charge is 0.507 e. The molecule has 228 valence electrons. The van der Waals surface area contributed by atoms with Gasteiger partial charge in [-0.15, -0.1) is 10.2 Å². The van der Waals surface area contributed by atoms with E-state index in [0.29, 0.717) is 17.4 Å². The van der Waals surface area contributed by atoms with E-state index in [1.54, 1.807) is 60.7 Å². The molecule has 0 spiro atoms. The van der Waals surface area contributed by atoms with Crippen LogP contribution in [0.15, 0.2) is 131 Å². The predicted molar refractivity (Wildman–Crippen MR) is 162 cm³/mol. The minimum atomic E-state index is -4.90. The maximum Gasteiger partial charge on any atom is 0.294 e. The zero-order valence-electron chi connectivity index (χ0n) is 22.6. The number of aromatic hydroxyl groups is 1. The summed E-state index contributed by atoms with van der Waals surface area (Å²) in [6, 6.07) is 21.2. The zero-order valence-corrected chi connectivity index (χ0v) is 24.2. The standard InChI is InChI=1S/C28H20N6O9S2/c35-24-14-20(45(41,42)43)12-16-11-19(44(38,39)40)13-21(25(16)24)31-33-23-15-22(32-29-17-7-3-1-4-8-17)27(36)26(28(23)37)34-30-18-9-5-2-6-10-18/h1-15,29-30,35H,(H,38,39,40)(H,41,42,43). The van der Waals surface area contributed by atoms with E-state index in [1.807, 2.05) is 0 Å². The van der Waals surface area contributed by atoms with Crippen molar-refractivity contribution in [3.63, 3.8) is 0 Å². The molecule has 0 atom stereocenters. The van der Waals surface area contributed by atoms with Crippen LogP contribution in [-0.4, -0.2) is 31.0 Å². The molecule has 0 aliphatic carbocycles. The van der Waals surface area contributed by atoms with Gasteiger partial charge < -0.3 is 5.11 Å². The number of hydrogen-bond donors (Lipinski definition) is 5. The summed E-state index contributed by atoms with van der Waals surface area (Å²) in [5.41, 5.74) is 3.52. The normalized spacial score (nSPS) is 13.0. The Morgan fingerprint density at radius 2 is 1.11 bits per heavy atom. The highest BCUT2D eigenvalue weighted by Crippen LogP contribution is 2.38. The zero-order chi connectivity index (χ0) is 32.4. The number of azo groups is 1. The van der Waals surface area contributed by atoms with Crippen LogP contribution in [-0.2, 0) is 20.2 Å². The van der Waals surface area contributed by atoms with Crippen molar-refractivity contribution >= 4 is 53.8 Å². The van der Waals surface area contributed by atoms with E-state index in [2.05, 4.69) is 31.3 Å². The Labute approximate surface area is 253 Å². The van der Waals surface area contributed by atoms with Crippen molar-refractivity contribution in [2.24, 2.45) is 20.4 Å². The van der Waals surface area contributed by atoms with Gasteiger partial charge in [-0.1, -0.05) is 36.4 Å². The van der Waals surface area contributed by atoms with Gasteiger partial charge in [0.25, 0.3) is 20.2 Å². The minimum absolute atomic E-state index is 0.238. The summed E-state index contributed by atoms with van der Waals surface area (Å²) in [5, 5.41) is 25.0. The first-order chi connectivity index (χ1) is 21.3. The molecule has 0 aromatic heterocycles. The van der Waals surface area contributed by atoms with Crippen LogP contribution in [0.3, 0.4) is 0 Å².